The molecule has 13 heavy (non-hydrogen) atoms. The molecule has 2 rings (SSSR count). The van der Waals surface area contributed by atoms with E-state index in [4.69, 9.17) is 0 Å². The molecule has 0 aliphatic rings. The third kappa shape index (κ3) is 1.51. The smallest absolute Gasteiger partial charge is 0.218 e. The molecule has 0 fully saturated rings. The molecule has 0 N–H and O–H groups in total. The summed E-state index contributed by atoms with van der Waals surface area (Å²) in [6.45, 7) is 3.99. The van der Waals surface area contributed by atoms with Crippen LogP contribution in [0.2, 0.25) is 0 Å². The SMILES string of the molecule is Cc1ncn(-c2nnc(Br)s2)c1C. The van der Waals surface area contributed by atoms with Gasteiger partial charge in [-0.1, -0.05) is 11.3 Å². The van der Waals surface area contributed by atoms with Crippen LogP contribution in [0.25, 0.3) is 5.13 Å². The highest BCUT2D eigenvalue weighted by Gasteiger charge is 2.08. The monoisotopic (exact) mass is 258 g/mol. The summed E-state index contributed by atoms with van der Waals surface area (Å²) in [5.74, 6) is 0. The van der Waals surface area contributed by atoms with E-state index in [1.165, 1.54) is 11.3 Å². The first-order valence-corrected chi connectivity index (χ1v) is 5.29. The predicted octanol–water partition coefficient (Wildman–Crippen LogP) is 2.10. The third-order valence-electron chi connectivity index (χ3n) is 1.85. The Morgan fingerprint density at radius 3 is 2.62 bits per heavy atom. The molecule has 0 saturated carbocycles. The predicted molar refractivity (Wildman–Crippen MR) is 54.2 cm³/mol. The van der Waals surface area contributed by atoms with Crippen molar-refractivity contribution in [2.45, 2.75) is 13.8 Å². The van der Waals surface area contributed by atoms with Crippen molar-refractivity contribution in [1.29, 1.82) is 0 Å². The molecular formula is C7H7BrN4S. The van der Waals surface area contributed by atoms with Crippen molar-refractivity contribution in [1.82, 2.24) is 19.7 Å². The maximum Gasteiger partial charge on any atom is 0.218 e. The van der Waals surface area contributed by atoms with Crippen molar-refractivity contribution in [3.8, 4) is 5.13 Å². The lowest BCUT2D eigenvalue weighted by molar-refractivity contribution is 0.930. The summed E-state index contributed by atoms with van der Waals surface area (Å²) >= 11 is 4.76. The maximum absolute atomic E-state index is 4.19. The fourth-order valence-electron chi connectivity index (χ4n) is 0.987. The van der Waals surface area contributed by atoms with Crippen molar-refractivity contribution in [2.24, 2.45) is 0 Å². The first-order chi connectivity index (χ1) is 6.18. The van der Waals surface area contributed by atoms with Crippen LogP contribution in [0.1, 0.15) is 11.4 Å². The minimum absolute atomic E-state index is 0.785. The van der Waals surface area contributed by atoms with Gasteiger partial charge in [-0.25, -0.2) is 4.98 Å². The van der Waals surface area contributed by atoms with E-state index in [0.29, 0.717) is 0 Å². The molecule has 2 aromatic heterocycles. The van der Waals surface area contributed by atoms with Gasteiger partial charge in [0.15, 0.2) is 3.92 Å². The topological polar surface area (TPSA) is 43.6 Å². The number of aromatic nitrogens is 4. The van der Waals surface area contributed by atoms with Crippen LogP contribution in [0.15, 0.2) is 10.2 Å². The molecule has 6 heteroatoms. The van der Waals surface area contributed by atoms with Gasteiger partial charge in [-0.3, -0.25) is 4.57 Å². The Kier molecular flexibility index (Phi) is 2.17. The van der Waals surface area contributed by atoms with Crippen molar-refractivity contribution in [3.05, 3.63) is 21.6 Å². The molecule has 0 saturated heterocycles. The van der Waals surface area contributed by atoms with E-state index in [0.717, 1.165) is 20.4 Å². The molecule has 0 radical (unpaired) electrons. The second-order valence-corrected chi connectivity index (χ2v) is 4.85. The number of halogens is 1. The molecule has 68 valence electrons. The van der Waals surface area contributed by atoms with Gasteiger partial charge in [0.2, 0.25) is 5.13 Å². The molecular weight excluding hydrogens is 252 g/mol. The first kappa shape index (κ1) is 8.83. The second-order valence-electron chi connectivity index (χ2n) is 2.62. The minimum atomic E-state index is 0.785. The van der Waals surface area contributed by atoms with E-state index in [1.54, 1.807) is 6.33 Å². The van der Waals surface area contributed by atoms with Crippen LogP contribution in [0, 0.1) is 13.8 Å². The molecule has 0 atom stereocenters. The number of imidazole rings is 1. The molecule has 0 aromatic carbocycles. The molecule has 0 bridgehead atoms. The second kappa shape index (κ2) is 3.19. The summed E-state index contributed by atoms with van der Waals surface area (Å²) in [5, 5.41) is 8.72. The van der Waals surface area contributed by atoms with Crippen LogP contribution in [-0.2, 0) is 0 Å². The van der Waals surface area contributed by atoms with Crippen LogP contribution >= 0.6 is 27.3 Å². The third-order valence-corrected chi connectivity index (χ3v) is 3.20. The number of aryl methyl sites for hydroxylation is 1. The van der Waals surface area contributed by atoms with Crippen LogP contribution in [-0.4, -0.2) is 19.7 Å². The van der Waals surface area contributed by atoms with Gasteiger partial charge in [-0.05, 0) is 29.8 Å². The molecule has 0 spiro atoms. The van der Waals surface area contributed by atoms with Crippen LogP contribution in [0.5, 0.6) is 0 Å². The molecule has 0 aliphatic carbocycles. The Balaban J connectivity index is 2.52. The zero-order chi connectivity index (χ0) is 9.42. The highest BCUT2D eigenvalue weighted by atomic mass is 79.9. The first-order valence-electron chi connectivity index (χ1n) is 3.68. The average Bonchev–Trinajstić information content (AvgIpc) is 2.62. The minimum Gasteiger partial charge on any atom is -0.277 e. The number of nitrogens with zero attached hydrogens (tertiary/aromatic N) is 4. The standard InChI is InChI=1S/C7H7BrN4S/c1-4-5(2)12(3-9-4)7-11-10-6(8)13-7/h3H,1-2H3. The lowest BCUT2D eigenvalue weighted by Crippen LogP contribution is -1.94. The summed E-state index contributed by atoms with van der Waals surface area (Å²) < 4.78 is 2.71. The van der Waals surface area contributed by atoms with E-state index in [9.17, 15) is 0 Å². The summed E-state index contributed by atoms with van der Waals surface area (Å²) in [6, 6.07) is 0. The Labute approximate surface area is 87.8 Å². The average molecular weight is 259 g/mol. The van der Waals surface area contributed by atoms with Gasteiger partial charge in [0.05, 0.1) is 5.69 Å². The lowest BCUT2D eigenvalue weighted by atomic mass is 10.4. The van der Waals surface area contributed by atoms with Crippen molar-refractivity contribution in [2.75, 3.05) is 0 Å². The Bertz CT molecular complexity index is 433. The van der Waals surface area contributed by atoms with E-state index in [-0.39, 0.29) is 0 Å². The van der Waals surface area contributed by atoms with Crippen molar-refractivity contribution in [3.63, 3.8) is 0 Å². The van der Waals surface area contributed by atoms with Crippen LogP contribution in [0.4, 0.5) is 0 Å². The van der Waals surface area contributed by atoms with Gasteiger partial charge in [0.1, 0.15) is 6.33 Å². The van der Waals surface area contributed by atoms with Crippen LogP contribution < -0.4 is 0 Å². The van der Waals surface area contributed by atoms with E-state index < -0.39 is 0 Å². The summed E-state index contributed by atoms with van der Waals surface area (Å²) in [6.07, 6.45) is 1.76. The van der Waals surface area contributed by atoms with Gasteiger partial charge in [0.25, 0.3) is 0 Å². The maximum atomic E-state index is 4.19. The van der Waals surface area contributed by atoms with Crippen LogP contribution in [0.3, 0.4) is 0 Å². The highest BCUT2D eigenvalue weighted by Crippen LogP contribution is 2.21. The molecule has 0 unspecified atom stereocenters. The van der Waals surface area contributed by atoms with Gasteiger partial charge in [-0.15, -0.1) is 10.2 Å². The number of hydrogen-bond acceptors (Lipinski definition) is 4. The highest BCUT2D eigenvalue weighted by molar-refractivity contribution is 9.11. The van der Waals surface area contributed by atoms with E-state index in [2.05, 4.69) is 31.1 Å². The Morgan fingerprint density at radius 2 is 2.15 bits per heavy atom. The zero-order valence-corrected chi connectivity index (χ0v) is 9.55. The molecule has 4 nitrogen and oxygen atoms in total. The number of hydrogen-bond donors (Lipinski definition) is 0. The summed E-state index contributed by atoms with van der Waals surface area (Å²) in [7, 11) is 0. The zero-order valence-electron chi connectivity index (χ0n) is 7.15. The Hall–Kier alpha value is -0.750. The number of rotatable bonds is 1. The van der Waals surface area contributed by atoms with E-state index >= 15 is 0 Å². The molecule has 0 amide bonds. The van der Waals surface area contributed by atoms with Gasteiger partial charge < -0.3 is 0 Å². The molecule has 2 heterocycles. The molecule has 0 aliphatic heterocycles. The van der Waals surface area contributed by atoms with Gasteiger partial charge >= 0.3 is 0 Å². The van der Waals surface area contributed by atoms with Gasteiger partial charge in [0, 0.05) is 5.69 Å². The Morgan fingerprint density at radius 1 is 1.38 bits per heavy atom. The normalized spacial score (nSPS) is 10.7. The lowest BCUT2D eigenvalue weighted by Gasteiger charge is -1.97. The van der Waals surface area contributed by atoms with Crippen molar-refractivity contribution >= 4 is 27.3 Å². The van der Waals surface area contributed by atoms with Gasteiger partial charge in [-0.2, -0.15) is 0 Å². The quantitative estimate of drug-likeness (QED) is 0.787. The largest absolute Gasteiger partial charge is 0.277 e. The van der Waals surface area contributed by atoms with Crippen molar-refractivity contribution < 1.29 is 0 Å². The fourth-order valence-corrected chi connectivity index (χ4v) is 2.10. The van der Waals surface area contributed by atoms with E-state index in [1.807, 2.05) is 18.4 Å². The fraction of sp³-hybridized carbons (Fsp3) is 0.286. The summed E-state index contributed by atoms with van der Waals surface area (Å²) in [5.41, 5.74) is 2.12. The molecule has 2 aromatic rings. The summed E-state index contributed by atoms with van der Waals surface area (Å²) in [4.78, 5) is 4.19.